The minimum absolute atomic E-state index is 0.00145. The fraction of sp³-hybridized carbons (Fsp3) is 0.154. The van der Waals surface area contributed by atoms with Crippen LogP contribution < -0.4 is 10.2 Å². The third-order valence-corrected chi connectivity index (χ3v) is 6.98. The van der Waals surface area contributed by atoms with Crippen molar-refractivity contribution in [3.63, 3.8) is 0 Å². The van der Waals surface area contributed by atoms with Crippen molar-refractivity contribution in [1.82, 2.24) is 4.90 Å². The Kier molecular flexibility index (Phi) is 5.62. The van der Waals surface area contributed by atoms with Crippen LogP contribution in [0.4, 0.5) is 0 Å². The van der Waals surface area contributed by atoms with Crippen molar-refractivity contribution in [2.75, 3.05) is 7.11 Å². The number of phenols is 1. The van der Waals surface area contributed by atoms with Crippen LogP contribution >= 0.6 is 27.5 Å². The van der Waals surface area contributed by atoms with Gasteiger partial charge in [-0.15, -0.1) is 0 Å². The molecule has 34 heavy (non-hydrogen) atoms. The molecule has 0 unspecified atom stereocenters. The number of methoxy groups -OCH3 is 1. The van der Waals surface area contributed by atoms with Crippen LogP contribution in [0.15, 0.2) is 68.3 Å². The highest BCUT2D eigenvalue weighted by molar-refractivity contribution is 9.10. The third-order valence-electron chi connectivity index (χ3n) is 6.01. The van der Waals surface area contributed by atoms with Gasteiger partial charge in [0.2, 0.25) is 5.76 Å². The molecule has 1 aromatic heterocycles. The predicted octanol–water partition coefficient (Wildman–Crippen LogP) is 5.98. The van der Waals surface area contributed by atoms with Gasteiger partial charge >= 0.3 is 0 Å². The highest BCUT2D eigenvalue weighted by Crippen LogP contribution is 2.44. The summed E-state index contributed by atoms with van der Waals surface area (Å²) in [6.45, 7) is 2.05. The number of aromatic hydroxyl groups is 1. The van der Waals surface area contributed by atoms with Crippen molar-refractivity contribution in [3.8, 4) is 11.5 Å². The Morgan fingerprint density at radius 1 is 1.15 bits per heavy atom. The lowest BCUT2D eigenvalue weighted by atomic mass is 9.97. The van der Waals surface area contributed by atoms with E-state index in [-0.39, 0.29) is 34.8 Å². The van der Waals surface area contributed by atoms with E-state index in [0.717, 1.165) is 11.1 Å². The number of hydrogen-bond donors (Lipinski definition) is 1. The van der Waals surface area contributed by atoms with Crippen molar-refractivity contribution in [2.45, 2.75) is 19.5 Å². The van der Waals surface area contributed by atoms with Gasteiger partial charge in [0.1, 0.15) is 5.58 Å². The number of aryl methyl sites for hydroxylation is 1. The van der Waals surface area contributed by atoms with E-state index >= 15 is 0 Å². The van der Waals surface area contributed by atoms with Crippen LogP contribution in [0.3, 0.4) is 0 Å². The van der Waals surface area contributed by atoms with E-state index < -0.39 is 11.9 Å². The normalized spacial score (nSPS) is 15.1. The second kappa shape index (κ2) is 8.49. The highest BCUT2D eigenvalue weighted by Gasteiger charge is 2.43. The number of amides is 1. The average molecular weight is 541 g/mol. The lowest BCUT2D eigenvalue weighted by Gasteiger charge is -2.26. The second-order valence-corrected chi connectivity index (χ2v) is 9.42. The van der Waals surface area contributed by atoms with Crippen LogP contribution in [-0.2, 0) is 6.54 Å². The van der Waals surface area contributed by atoms with Crippen LogP contribution in [0.2, 0.25) is 5.02 Å². The molecule has 0 bridgehead atoms. The largest absolute Gasteiger partial charge is 0.503 e. The molecule has 1 atom stereocenters. The van der Waals surface area contributed by atoms with Crippen molar-refractivity contribution in [2.24, 2.45) is 0 Å². The standard InChI is InChI=1S/C26H19BrClNO5/c1-13-7-8-19-16(9-13)23(30)21-22(15-10-17(27)24(31)20(11-15)33-2)29(26(32)25(21)34-19)12-14-5-3-4-6-18(14)28/h3-11,22,31H,12H2,1-2H3/t22-/m0/s1. The molecule has 8 heteroatoms. The van der Waals surface area contributed by atoms with Gasteiger partial charge in [0.15, 0.2) is 16.9 Å². The summed E-state index contributed by atoms with van der Waals surface area (Å²) in [5.74, 6) is -0.275. The summed E-state index contributed by atoms with van der Waals surface area (Å²) in [7, 11) is 1.44. The number of hydrogen-bond acceptors (Lipinski definition) is 5. The maximum absolute atomic E-state index is 13.7. The number of fused-ring (bicyclic) bond motifs is 2. The van der Waals surface area contributed by atoms with Gasteiger partial charge in [-0.1, -0.05) is 41.4 Å². The molecule has 1 amide bonds. The van der Waals surface area contributed by atoms with Crippen LogP contribution in [0.1, 0.15) is 38.9 Å². The van der Waals surface area contributed by atoms with Crippen molar-refractivity contribution < 1.29 is 19.1 Å². The molecule has 5 rings (SSSR count). The summed E-state index contributed by atoms with van der Waals surface area (Å²) in [6.07, 6.45) is 0. The number of ether oxygens (including phenoxy) is 1. The van der Waals surface area contributed by atoms with Gasteiger partial charge in [-0.25, -0.2) is 0 Å². The first-order valence-electron chi connectivity index (χ1n) is 10.5. The summed E-state index contributed by atoms with van der Waals surface area (Å²) in [5.41, 5.74) is 2.54. The molecule has 2 heterocycles. The molecule has 1 N–H and O–H groups in total. The van der Waals surface area contributed by atoms with Gasteiger partial charge in [-0.2, -0.15) is 0 Å². The summed E-state index contributed by atoms with van der Waals surface area (Å²) in [6, 6.07) is 15.0. The quantitative estimate of drug-likeness (QED) is 0.345. The predicted molar refractivity (Wildman–Crippen MR) is 133 cm³/mol. The van der Waals surface area contributed by atoms with E-state index in [9.17, 15) is 14.7 Å². The molecule has 6 nitrogen and oxygen atoms in total. The molecule has 3 aromatic carbocycles. The van der Waals surface area contributed by atoms with Gasteiger partial charge in [-0.3, -0.25) is 9.59 Å². The molecule has 0 fully saturated rings. The van der Waals surface area contributed by atoms with E-state index in [0.29, 0.717) is 26.0 Å². The number of phenolic OH excluding ortho intramolecular Hbond substituents is 1. The minimum Gasteiger partial charge on any atom is -0.503 e. The molecular weight excluding hydrogens is 522 g/mol. The molecule has 0 aliphatic carbocycles. The van der Waals surface area contributed by atoms with Crippen molar-refractivity contribution in [3.05, 3.63) is 102 Å². The molecule has 0 saturated heterocycles. The van der Waals surface area contributed by atoms with Crippen LogP contribution in [0.25, 0.3) is 11.0 Å². The SMILES string of the molecule is COc1cc([C@H]2c3c(oc4ccc(C)cc4c3=O)C(=O)N2Cc2ccccc2Cl)cc(Br)c1O. The number of carbonyl (C=O) groups excluding carboxylic acids is 1. The topological polar surface area (TPSA) is 80.0 Å². The maximum atomic E-state index is 13.7. The van der Waals surface area contributed by atoms with E-state index in [1.165, 1.54) is 7.11 Å². The Morgan fingerprint density at radius 2 is 1.91 bits per heavy atom. The van der Waals surface area contributed by atoms with Crippen LogP contribution in [-0.4, -0.2) is 23.0 Å². The monoisotopic (exact) mass is 539 g/mol. The van der Waals surface area contributed by atoms with Crippen molar-refractivity contribution >= 4 is 44.4 Å². The lowest BCUT2D eigenvalue weighted by molar-refractivity contribution is 0.0714. The molecule has 1 aliphatic heterocycles. The molecular formula is C26H19BrClNO5. The smallest absolute Gasteiger partial charge is 0.291 e. The summed E-state index contributed by atoms with van der Waals surface area (Å²) >= 11 is 9.75. The number of benzene rings is 3. The molecule has 0 radical (unpaired) electrons. The van der Waals surface area contributed by atoms with Crippen LogP contribution in [0.5, 0.6) is 11.5 Å². The van der Waals surface area contributed by atoms with Gasteiger partial charge in [0, 0.05) is 11.6 Å². The van der Waals surface area contributed by atoms with Gasteiger partial charge in [0.25, 0.3) is 5.91 Å². The zero-order valence-electron chi connectivity index (χ0n) is 18.3. The molecule has 0 saturated carbocycles. The van der Waals surface area contributed by atoms with Crippen LogP contribution in [0, 0.1) is 6.92 Å². The zero-order chi connectivity index (χ0) is 24.1. The third kappa shape index (κ3) is 3.56. The van der Waals surface area contributed by atoms with E-state index in [1.807, 2.05) is 31.2 Å². The first-order chi connectivity index (χ1) is 16.3. The Morgan fingerprint density at radius 3 is 2.65 bits per heavy atom. The number of carbonyl (C=O) groups is 1. The van der Waals surface area contributed by atoms with Crippen molar-refractivity contribution in [1.29, 1.82) is 0 Å². The Balaban J connectivity index is 1.78. The summed E-state index contributed by atoms with van der Waals surface area (Å²) in [5, 5.41) is 11.2. The number of halogens is 2. The molecule has 172 valence electrons. The van der Waals surface area contributed by atoms with E-state index in [2.05, 4.69) is 15.9 Å². The maximum Gasteiger partial charge on any atom is 0.291 e. The average Bonchev–Trinajstić information content (AvgIpc) is 3.09. The number of nitrogens with zero attached hydrogens (tertiary/aromatic N) is 1. The Labute approximate surface area is 208 Å². The number of rotatable bonds is 4. The van der Waals surface area contributed by atoms with Gasteiger partial charge in [-0.05, 0) is 64.3 Å². The van der Waals surface area contributed by atoms with Gasteiger partial charge in [0.05, 0.1) is 28.6 Å². The Bertz CT molecular complexity index is 1530. The summed E-state index contributed by atoms with van der Waals surface area (Å²) in [4.78, 5) is 28.9. The lowest BCUT2D eigenvalue weighted by Crippen LogP contribution is -2.29. The molecule has 1 aliphatic rings. The zero-order valence-corrected chi connectivity index (χ0v) is 20.6. The van der Waals surface area contributed by atoms with Gasteiger partial charge < -0.3 is 19.2 Å². The molecule has 0 spiro atoms. The summed E-state index contributed by atoms with van der Waals surface area (Å²) < 4.78 is 11.7. The molecule has 4 aromatic rings. The highest BCUT2D eigenvalue weighted by atomic mass is 79.9. The minimum atomic E-state index is -0.772. The first-order valence-corrected chi connectivity index (χ1v) is 11.7. The Hall–Kier alpha value is -3.29. The second-order valence-electron chi connectivity index (χ2n) is 8.15. The fourth-order valence-electron chi connectivity index (χ4n) is 4.36. The fourth-order valence-corrected chi connectivity index (χ4v) is 5.02. The van der Waals surface area contributed by atoms with E-state index in [1.54, 1.807) is 35.2 Å². The van der Waals surface area contributed by atoms with E-state index in [4.69, 9.17) is 20.8 Å². The first kappa shape index (κ1) is 22.5.